The number of hydrogen-bond donors (Lipinski definition) is 2. The summed E-state index contributed by atoms with van der Waals surface area (Å²) in [5, 5.41) is 12.3. The van der Waals surface area contributed by atoms with Gasteiger partial charge in [-0.1, -0.05) is 13.0 Å². The van der Waals surface area contributed by atoms with Crippen LogP contribution in [0.4, 0.5) is 0 Å². The first-order valence-electron chi connectivity index (χ1n) is 5.45. The fourth-order valence-corrected chi connectivity index (χ4v) is 2.19. The summed E-state index contributed by atoms with van der Waals surface area (Å²) in [6, 6.07) is 6.62. The van der Waals surface area contributed by atoms with E-state index >= 15 is 0 Å². The van der Waals surface area contributed by atoms with E-state index < -0.39 is 0 Å². The van der Waals surface area contributed by atoms with E-state index in [9.17, 15) is 0 Å². The quantitative estimate of drug-likeness (QED) is 0.823. The second-order valence-electron chi connectivity index (χ2n) is 3.75. The van der Waals surface area contributed by atoms with Gasteiger partial charge in [-0.25, -0.2) is 0 Å². The second-order valence-corrected chi connectivity index (χ2v) is 5.46. The van der Waals surface area contributed by atoms with E-state index in [1.54, 1.807) is 0 Å². The van der Waals surface area contributed by atoms with Gasteiger partial charge in [-0.05, 0) is 62.4 Å². The third-order valence-electron chi connectivity index (χ3n) is 2.55. The molecule has 0 saturated carbocycles. The number of hydrogen-bond acceptors (Lipinski definition) is 2. The first kappa shape index (κ1) is 14.2. The number of halogens is 2. The second kappa shape index (κ2) is 7.43. The molecule has 0 fully saturated rings. The molecule has 0 amide bonds. The highest BCUT2D eigenvalue weighted by Crippen LogP contribution is 2.23. The molecule has 0 heterocycles. The van der Waals surface area contributed by atoms with Crippen LogP contribution in [0.15, 0.2) is 27.1 Å². The average molecular weight is 351 g/mol. The minimum Gasteiger partial charge on any atom is -0.396 e. The van der Waals surface area contributed by atoms with Gasteiger partial charge in [-0.2, -0.15) is 0 Å². The van der Waals surface area contributed by atoms with E-state index in [0.29, 0.717) is 6.04 Å². The lowest BCUT2D eigenvalue weighted by Crippen LogP contribution is -2.28. The molecular formula is C12H17Br2NO. The van der Waals surface area contributed by atoms with Gasteiger partial charge in [0.15, 0.2) is 0 Å². The monoisotopic (exact) mass is 349 g/mol. The van der Waals surface area contributed by atoms with Gasteiger partial charge < -0.3 is 10.4 Å². The van der Waals surface area contributed by atoms with E-state index in [-0.39, 0.29) is 6.61 Å². The molecule has 0 aliphatic heterocycles. The molecule has 0 saturated heterocycles. The number of aliphatic hydroxyl groups excluding tert-OH is 1. The molecule has 16 heavy (non-hydrogen) atoms. The highest BCUT2D eigenvalue weighted by Gasteiger charge is 2.05. The summed E-state index contributed by atoms with van der Waals surface area (Å²) in [7, 11) is 0. The van der Waals surface area contributed by atoms with Crippen LogP contribution in [0.3, 0.4) is 0 Å². The zero-order valence-electron chi connectivity index (χ0n) is 9.34. The Bertz CT molecular complexity index is 331. The highest BCUT2D eigenvalue weighted by atomic mass is 79.9. The van der Waals surface area contributed by atoms with Crippen LogP contribution in [0, 0.1) is 0 Å². The van der Waals surface area contributed by atoms with Gasteiger partial charge in [0, 0.05) is 28.1 Å². The summed E-state index contributed by atoms with van der Waals surface area (Å²) in [5.41, 5.74) is 1.24. The smallest absolute Gasteiger partial charge is 0.0445 e. The van der Waals surface area contributed by atoms with Gasteiger partial charge in [0.1, 0.15) is 0 Å². The molecule has 0 radical (unpaired) electrons. The Labute approximate surface area is 114 Å². The Hall–Kier alpha value is 0.1000. The number of aliphatic hydroxyl groups is 1. The van der Waals surface area contributed by atoms with Gasteiger partial charge in [0.25, 0.3) is 0 Å². The van der Waals surface area contributed by atoms with Crippen molar-refractivity contribution in [1.29, 1.82) is 0 Å². The third kappa shape index (κ3) is 4.53. The molecule has 2 N–H and O–H groups in total. The molecule has 1 atom stereocenters. The molecule has 1 aromatic carbocycles. The molecule has 1 unspecified atom stereocenters. The number of benzene rings is 1. The molecule has 0 spiro atoms. The zero-order valence-corrected chi connectivity index (χ0v) is 12.5. The Morgan fingerprint density at radius 2 is 2.06 bits per heavy atom. The maximum absolute atomic E-state index is 8.89. The van der Waals surface area contributed by atoms with E-state index in [2.05, 4.69) is 56.2 Å². The van der Waals surface area contributed by atoms with Crippen LogP contribution >= 0.6 is 31.9 Å². The van der Waals surface area contributed by atoms with Crippen LogP contribution in [-0.4, -0.2) is 17.8 Å². The van der Waals surface area contributed by atoms with Crippen molar-refractivity contribution in [2.45, 2.75) is 32.4 Å². The van der Waals surface area contributed by atoms with Crippen LogP contribution in [0.1, 0.15) is 25.3 Å². The summed E-state index contributed by atoms with van der Waals surface area (Å²) >= 11 is 6.93. The Morgan fingerprint density at radius 1 is 1.31 bits per heavy atom. The van der Waals surface area contributed by atoms with Crippen molar-refractivity contribution < 1.29 is 5.11 Å². The predicted octanol–water partition coefficient (Wildman–Crippen LogP) is 3.46. The summed E-state index contributed by atoms with van der Waals surface area (Å²) in [5.74, 6) is 0. The lowest BCUT2D eigenvalue weighted by Gasteiger charge is -2.15. The van der Waals surface area contributed by atoms with Crippen LogP contribution in [0.2, 0.25) is 0 Å². The minimum atomic E-state index is 0.246. The molecular weight excluding hydrogens is 334 g/mol. The Balaban J connectivity index is 2.50. The van der Waals surface area contributed by atoms with E-state index in [0.717, 1.165) is 28.3 Å². The van der Waals surface area contributed by atoms with Crippen LogP contribution in [0.5, 0.6) is 0 Å². The van der Waals surface area contributed by atoms with Crippen molar-refractivity contribution in [3.63, 3.8) is 0 Å². The third-order valence-corrected chi connectivity index (χ3v) is 4.43. The highest BCUT2D eigenvalue weighted by molar-refractivity contribution is 9.13. The Morgan fingerprint density at radius 3 is 2.62 bits per heavy atom. The molecule has 2 nitrogen and oxygen atoms in total. The van der Waals surface area contributed by atoms with E-state index in [1.165, 1.54) is 5.56 Å². The maximum atomic E-state index is 8.89. The molecule has 0 aliphatic rings. The standard InChI is InChI=1S/C12H17Br2NO/c1-2-10(5-6-16)15-8-9-3-4-11(13)12(14)7-9/h3-4,7,10,15-16H,2,5-6,8H2,1H3. The van der Waals surface area contributed by atoms with Crippen LogP contribution < -0.4 is 5.32 Å². The fraction of sp³-hybridized carbons (Fsp3) is 0.500. The topological polar surface area (TPSA) is 32.3 Å². The number of rotatable bonds is 6. The number of nitrogens with one attached hydrogen (secondary N) is 1. The zero-order chi connectivity index (χ0) is 12.0. The van der Waals surface area contributed by atoms with E-state index in [4.69, 9.17) is 5.11 Å². The first-order chi connectivity index (χ1) is 7.67. The van der Waals surface area contributed by atoms with Crippen molar-refractivity contribution in [3.8, 4) is 0 Å². The molecule has 0 aliphatic carbocycles. The van der Waals surface area contributed by atoms with E-state index in [1.807, 2.05) is 6.07 Å². The maximum Gasteiger partial charge on any atom is 0.0445 e. The molecule has 4 heteroatoms. The molecule has 1 aromatic rings. The largest absolute Gasteiger partial charge is 0.396 e. The lowest BCUT2D eigenvalue weighted by atomic mass is 10.1. The summed E-state index contributed by atoms with van der Waals surface area (Å²) < 4.78 is 2.14. The molecule has 90 valence electrons. The summed E-state index contributed by atoms with van der Waals surface area (Å²) in [6.07, 6.45) is 1.85. The lowest BCUT2D eigenvalue weighted by molar-refractivity contribution is 0.262. The SMILES string of the molecule is CCC(CCO)NCc1ccc(Br)c(Br)c1. The molecule has 0 aromatic heterocycles. The van der Waals surface area contributed by atoms with Crippen LogP contribution in [-0.2, 0) is 6.54 Å². The van der Waals surface area contributed by atoms with Crippen LogP contribution in [0.25, 0.3) is 0 Å². The van der Waals surface area contributed by atoms with Gasteiger partial charge >= 0.3 is 0 Å². The normalized spacial score (nSPS) is 12.8. The van der Waals surface area contributed by atoms with Crippen molar-refractivity contribution in [1.82, 2.24) is 5.32 Å². The van der Waals surface area contributed by atoms with Gasteiger partial charge in [-0.15, -0.1) is 0 Å². The van der Waals surface area contributed by atoms with Crippen molar-refractivity contribution in [2.24, 2.45) is 0 Å². The molecule has 0 bridgehead atoms. The summed E-state index contributed by atoms with van der Waals surface area (Å²) in [4.78, 5) is 0. The van der Waals surface area contributed by atoms with Gasteiger partial charge in [0.05, 0.1) is 0 Å². The first-order valence-corrected chi connectivity index (χ1v) is 7.04. The van der Waals surface area contributed by atoms with Crippen molar-refractivity contribution in [3.05, 3.63) is 32.7 Å². The minimum absolute atomic E-state index is 0.246. The average Bonchev–Trinajstić information content (AvgIpc) is 2.28. The predicted molar refractivity (Wildman–Crippen MR) is 74.5 cm³/mol. The molecule has 1 rings (SSSR count). The van der Waals surface area contributed by atoms with Gasteiger partial charge in [0.2, 0.25) is 0 Å². The van der Waals surface area contributed by atoms with Crippen molar-refractivity contribution in [2.75, 3.05) is 6.61 Å². The Kier molecular flexibility index (Phi) is 6.58. The summed E-state index contributed by atoms with van der Waals surface area (Å²) in [6.45, 7) is 3.21. The van der Waals surface area contributed by atoms with Gasteiger partial charge in [-0.3, -0.25) is 0 Å². The van der Waals surface area contributed by atoms with Crippen molar-refractivity contribution >= 4 is 31.9 Å². The fourth-order valence-electron chi connectivity index (χ4n) is 1.52.